The van der Waals surface area contributed by atoms with Gasteiger partial charge >= 0.3 is 0 Å². The van der Waals surface area contributed by atoms with Crippen molar-refractivity contribution < 1.29 is 14.7 Å². The number of aromatic hydroxyl groups is 1. The summed E-state index contributed by atoms with van der Waals surface area (Å²) in [7, 11) is 0. The average molecular weight is 144 g/mol. The molecule has 1 rings (SSSR count). The third kappa shape index (κ3) is 1.72. The Hall–Kier alpha value is -1.05. The first-order valence-electron chi connectivity index (χ1n) is 6.15. The molecule has 2 heteroatoms. The quantitative estimate of drug-likeness (QED) is 0.685. The molecule has 1 heterocycles. The molecule has 0 atom stereocenters. The van der Waals surface area contributed by atoms with E-state index in [4.69, 9.17) is 14.7 Å². The van der Waals surface area contributed by atoms with Crippen LogP contribution in [0.1, 0.15) is 28.5 Å². The van der Waals surface area contributed by atoms with Crippen LogP contribution in [-0.4, -0.2) is 10.1 Å². The van der Waals surface area contributed by atoms with E-state index in [1.54, 1.807) is 0 Å². The molecule has 0 aromatic carbocycles. The molecule has 0 saturated carbocycles. The summed E-state index contributed by atoms with van der Waals surface area (Å²) in [6, 6.07) is 2.18. The zero-order chi connectivity index (χ0) is 13.5. The second-order valence-corrected chi connectivity index (χ2v) is 1.65. The average Bonchev–Trinajstić information content (AvgIpc) is 2.16. The van der Waals surface area contributed by atoms with E-state index in [0.717, 1.165) is 18.3 Å². The molecule has 0 aliphatic heterocycles. The van der Waals surface area contributed by atoms with Crippen LogP contribution in [-0.2, 0) is 6.37 Å². The Kier molecular flexibility index (Phi) is 0.712. The highest BCUT2D eigenvalue weighted by molar-refractivity contribution is 5.17. The first kappa shape index (κ1) is 2.22. The van der Waals surface area contributed by atoms with Crippen LogP contribution in [0.2, 0.25) is 0 Å². The van der Waals surface area contributed by atoms with E-state index in [0.29, 0.717) is 0 Å². The van der Waals surface area contributed by atoms with Crippen LogP contribution < -0.4 is 0 Å². The molecule has 2 nitrogen and oxygen atoms in total. The lowest BCUT2D eigenvalue weighted by Gasteiger charge is -1.95. The van der Waals surface area contributed by atoms with Gasteiger partial charge in [-0.1, -0.05) is 13.2 Å². The first-order valence-corrected chi connectivity index (χ1v) is 2.65. The van der Waals surface area contributed by atoms with Gasteiger partial charge in [-0.25, -0.2) is 0 Å². The predicted octanol–water partition coefficient (Wildman–Crippen LogP) is 1.74. The van der Waals surface area contributed by atoms with Gasteiger partial charge in [-0.2, -0.15) is 0 Å². The number of nitrogens with zero attached hydrogens (tertiary/aromatic N) is 1. The Bertz CT molecular complexity index is 397. The van der Waals surface area contributed by atoms with Gasteiger partial charge in [-0.3, -0.25) is 4.98 Å². The maximum Gasteiger partial charge on any atom is 0.133 e. The number of pyridine rings is 1. The van der Waals surface area contributed by atoms with Crippen LogP contribution in [0.25, 0.3) is 0 Å². The second kappa shape index (κ2) is 3.20. The fraction of sp³-hybridized carbons (Fsp3) is 0.375. The smallest absolute Gasteiger partial charge is 0.133 e. The van der Waals surface area contributed by atoms with E-state index in [1.807, 2.05) is 0 Å². The van der Waals surface area contributed by atoms with Crippen molar-refractivity contribution in [1.82, 2.24) is 4.98 Å². The summed E-state index contributed by atoms with van der Waals surface area (Å²) >= 11 is 0. The largest absolute Gasteiger partial charge is 0.506 e. The highest BCUT2D eigenvalue weighted by atomic mass is 16.3. The number of hydrogen-bond donors (Lipinski definition) is 1. The van der Waals surface area contributed by atoms with E-state index in [2.05, 4.69) is 4.98 Å². The van der Waals surface area contributed by atoms with E-state index in [1.165, 1.54) is 0 Å². The first-order chi connectivity index (χ1) is 7.50. The lowest BCUT2D eigenvalue weighted by molar-refractivity contribution is 0.472. The van der Waals surface area contributed by atoms with E-state index < -0.39 is 19.6 Å². The minimum atomic E-state index is -3.12. The van der Waals surface area contributed by atoms with E-state index in [-0.39, 0.29) is 11.4 Å². The fourth-order valence-corrected chi connectivity index (χ4v) is 0.524. The molecule has 1 aromatic heterocycles. The summed E-state index contributed by atoms with van der Waals surface area (Å²) in [6.45, 7) is -3.12. The number of aryl methyl sites for hydroxylation is 1. The zero-order valence-corrected chi connectivity index (χ0v) is 5.13. The molecule has 1 aromatic rings. The zero-order valence-electron chi connectivity index (χ0n) is 12.1. The maximum atomic E-state index is 9.00. The van der Waals surface area contributed by atoms with Crippen molar-refractivity contribution in [2.45, 2.75) is 19.6 Å². The Morgan fingerprint density at radius 1 is 1.80 bits per heavy atom. The van der Waals surface area contributed by atoms with Gasteiger partial charge in [-0.05, 0) is 18.5 Å². The summed E-state index contributed by atoms with van der Waals surface area (Å²) in [5.41, 5.74) is -0.378. The molecule has 0 radical (unpaired) electrons. The molecule has 0 bridgehead atoms. The lowest BCUT2D eigenvalue weighted by Crippen LogP contribution is -1.85. The van der Waals surface area contributed by atoms with Crippen molar-refractivity contribution in [2.24, 2.45) is 0 Å². The van der Waals surface area contributed by atoms with Gasteiger partial charge in [0, 0.05) is 15.3 Å². The van der Waals surface area contributed by atoms with Crippen molar-refractivity contribution in [1.29, 1.82) is 0 Å². The molecule has 0 aliphatic rings. The molecule has 1 N–H and O–H groups in total. The summed E-state index contributed by atoms with van der Waals surface area (Å²) in [6.07, 6.45) is -4.93. The predicted molar refractivity (Wildman–Crippen MR) is 39.9 cm³/mol. The highest BCUT2D eigenvalue weighted by Crippen LogP contribution is 2.06. The SMILES string of the molecule is [2H]C([2H])([2H])C([2H])([2H])C([2H])([2H])c1ccc(O)cn1. The van der Waals surface area contributed by atoms with Crippen molar-refractivity contribution in [3.63, 3.8) is 0 Å². The summed E-state index contributed by atoms with van der Waals surface area (Å²) < 4.78 is 51.0. The minimum absolute atomic E-state index is 0.209. The summed E-state index contributed by atoms with van der Waals surface area (Å²) in [4.78, 5) is 3.51. The lowest BCUT2D eigenvalue weighted by atomic mass is 10.2. The Balaban J connectivity index is 3.23. The molecule has 0 fully saturated rings. The van der Waals surface area contributed by atoms with Gasteiger partial charge in [0.25, 0.3) is 0 Å². The second-order valence-electron chi connectivity index (χ2n) is 1.65. The van der Waals surface area contributed by atoms with Gasteiger partial charge in [-0.15, -0.1) is 0 Å². The van der Waals surface area contributed by atoms with Gasteiger partial charge in [0.05, 0.1) is 6.20 Å². The molecule has 54 valence electrons. The van der Waals surface area contributed by atoms with Gasteiger partial charge in [0.15, 0.2) is 0 Å². The molecule has 0 amide bonds. The Labute approximate surface area is 70.4 Å². The van der Waals surface area contributed by atoms with Gasteiger partial charge in [0.2, 0.25) is 0 Å². The Morgan fingerprint density at radius 3 is 3.30 bits per heavy atom. The van der Waals surface area contributed by atoms with Crippen LogP contribution >= 0.6 is 0 Å². The molecule has 10 heavy (non-hydrogen) atoms. The third-order valence-electron chi connectivity index (χ3n) is 0.938. The normalized spacial score (nSPS) is 24.2. The molecule has 0 unspecified atom stereocenters. The monoisotopic (exact) mass is 144 g/mol. The van der Waals surface area contributed by atoms with Gasteiger partial charge < -0.3 is 5.11 Å². The Morgan fingerprint density at radius 2 is 2.70 bits per heavy atom. The number of aromatic nitrogens is 1. The summed E-state index contributed by atoms with van der Waals surface area (Å²) in [5.74, 6) is -0.209. The van der Waals surface area contributed by atoms with Crippen molar-refractivity contribution in [3.8, 4) is 5.75 Å². The van der Waals surface area contributed by atoms with Crippen molar-refractivity contribution in [3.05, 3.63) is 24.0 Å². The molecule has 0 saturated heterocycles. The van der Waals surface area contributed by atoms with Gasteiger partial charge in [0.1, 0.15) is 5.75 Å². The molecular weight excluding hydrogens is 126 g/mol. The van der Waals surface area contributed by atoms with E-state index >= 15 is 0 Å². The van der Waals surface area contributed by atoms with Crippen LogP contribution in [0.3, 0.4) is 0 Å². The van der Waals surface area contributed by atoms with E-state index in [9.17, 15) is 0 Å². The summed E-state index contributed by atoms with van der Waals surface area (Å²) in [5, 5.41) is 9.00. The third-order valence-corrected chi connectivity index (χ3v) is 0.938. The topological polar surface area (TPSA) is 33.1 Å². The van der Waals surface area contributed by atoms with Crippen LogP contribution in [0.15, 0.2) is 18.3 Å². The maximum absolute atomic E-state index is 9.00. The fourth-order valence-electron chi connectivity index (χ4n) is 0.524. The van der Waals surface area contributed by atoms with Crippen LogP contribution in [0.4, 0.5) is 0 Å². The number of hydrogen-bond acceptors (Lipinski definition) is 2. The highest BCUT2D eigenvalue weighted by Gasteiger charge is 1.90. The van der Waals surface area contributed by atoms with Crippen molar-refractivity contribution in [2.75, 3.05) is 0 Å². The minimum Gasteiger partial charge on any atom is -0.506 e. The molecule has 0 spiro atoms. The molecule has 0 aliphatic carbocycles. The molecular formula is C8H11NO. The standard InChI is InChI=1S/C8H11NO/c1-2-3-7-4-5-8(10)6-9-7/h4-6,10H,2-3H2,1H3/i1D3,2D2,3D2. The van der Waals surface area contributed by atoms with Crippen LogP contribution in [0, 0.1) is 0 Å². The number of rotatable bonds is 2. The van der Waals surface area contributed by atoms with Crippen molar-refractivity contribution >= 4 is 0 Å². The van der Waals surface area contributed by atoms with Crippen LogP contribution in [0.5, 0.6) is 5.75 Å².